The van der Waals surface area contributed by atoms with Crippen LogP contribution in [-0.2, 0) is 4.79 Å². The van der Waals surface area contributed by atoms with Gasteiger partial charge in [-0.15, -0.1) is 10.2 Å². The molecule has 1 aliphatic heterocycles. The number of hydrogen-bond acceptors (Lipinski definition) is 4. The van der Waals surface area contributed by atoms with E-state index in [0.29, 0.717) is 19.5 Å². The van der Waals surface area contributed by atoms with Gasteiger partial charge in [-0.05, 0) is 35.7 Å². The number of amides is 1. The van der Waals surface area contributed by atoms with Crippen molar-refractivity contribution in [2.24, 2.45) is 0 Å². The van der Waals surface area contributed by atoms with Crippen molar-refractivity contribution in [2.75, 3.05) is 31.1 Å². The maximum atomic E-state index is 13.3. The number of hydrogen-bond donors (Lipinski definition) is 0. The first-order valence-corrected chi connectivity index (χ1v) is 12.2. The van der Waals surface area contributed by atoms with Crippen LogP contribution in [0.1, 0.15) is 29.0 Å². The molecule has 0 spiro atoms. The van der Waals surface area contributed by atoms with Crippen LogP contribution in [0.15, 0.2) is 97.1 Å². The lowest BCUT2D eigenvalue weighted by molar-refractivity contribution is -0.131. The highest BCUT2D eigenvalue weighted by molar-refractivity contribution is 5.78. The van der Waals surface area contributed by atoms with Gasteiger partial charge in [0.15, 0.2) is 5.82 Å². The van der Waals surface area contributed by atoms with Gasteiger partial charge in [-0.3, -0.25) is 4.79 Å². The lowest BCUT2D eigenvalue weighted by Gasteiger charge is -2.36. The minimum absolute atomic E-state index is 0.0581. The van der Waals surface area contributed by atoms with Crippen molar-refractivity contribution in [3.05, 3.63) is 114 Å². The molecule has 1 aliphatic rings. The number of carbonyl (C=O) groups is 1. The second kappa shape index (κ2) is 10.5. The first-order chi connectivity index (χ1) is 17.2. The van der Waals surface area contributed by atoms with E-state index in [1.54, 1.807) is 0 Å². The summed E-state index contributed by atoms with van der Waals surface area (Å²) in [6, 6.07) is 32.9. The Balaban J connectivity index is 1.23. The van der Waals surface area contributed by atoms with Crippen molar-refractivity contribution in [2.45, 2.75) is 19.3 Å². The van der Waals surface area contributed by atoms with Crippen molar-refractivity contribution in [3.8, 4) is 11.3 Å². The predicted octanol–water partition coefficient (Wildman–Crippen LogP) is 5.32. The summed E-state index contributed by atoms with van der Waals surface area (Å²) in [4.78, 5) is 17.5. The van der Waals surface area contributed by atoms with E-state index in [-0.39, 0.29) is 11.8 Å². The number of rotatable bonds is 6. The fraction of sp³-hybridized carbons (Fsp3) is 0.233. The molecule has 0 saturated carbocycles. The predicted molar refractivity (Wildman–Crippen MR) is 140 cm³/mol. The van der Waals surface area contributed by atoms with Gasteiger partial charge in [0.05, 0.1) is 5.69 Å². The van der Waals surface area contributed by atoms with Crippen LogP contribution in [0.3, 0.4) is 0 Å². The van der Waals surface area contributed by atoms with Gasteiger partial charge in [0.1, 0.15) is 0 Å². The van der Waals surface area contributed by atoms with Crippen LogP contribution in [0.5, 0.6) is 0 Å². The Bertz CT molecular complexity index is 1210. The van der Waals surface area contributed by atoms with Gasteiger partial charge in [0.25, 0.3) is 0 Å². The van der Waals surface area contributed by atoms with E-state index < -0.39 is 0 Å². The van der Waals surface area contributed by atoms with Gasteiger partial charge in [-0.1, -0.05) is 84.9 Å². The first-order valence-electron chi connectivity index (χ1n) is 12.2. The monoisotopic (exact) mass is 462 g/mol. The van der Waals surface area contributed by atoms with E-state index in [1.807, 2.05) is 65.6 Å². The molecule has 35 heavy (non-hydrogen) atoms. The molecule has 1 aromatic heterocycles. The van der Waals surface area contributed by atoms with E-state index in [4.69, 9.17) is 0 Å². The maximum Gasteiger partial charge on any atom is 0.223 e. The largest absolute Gasteiger partial charge is 0.352 e. The third kappa shape index (κ3) is 5.24. The summed E-state index contributed by atoms with van der Waals surface area (Å²) in [7, 11) is 0. The van der Waals surface area contributed by atoms with E-state index in [9.17, 15) is 4.79 Å². The first kappa shape index (κ1) is 22.8. The van der Waals surface area contributed by atoms with Gasteiger partial charge in [-0.2, -0.15) is 0 Å². The summed E-state index contributed by atoms with van der Waals surface area (Å²) in [5.41, 5.74) is 5.53. The Morgan fingerprint density at radius 1 is 0.743 bits per heavy atom. The highest BCUT2D eigenvalue weighted by atomic mass is 16.2. The third-order valence-corrected chi connectivity index (χ3v) is 6.81. The van der Waals surface area contributed by atoms with Crippen LogP contribution in [0.2, 0.25) is 0 Å². The van der Waals surface area contributed by atoms with Crippen LogP contribution < -0.4 is 4.90 Å². The molecule has 3 aromatic carbocycles. The fourth-order valence-electron chi connectivity index (χ4n) is 4.79. The molecule has 0 N–H and O–H groups in total. The number of nitrogens with zero attached hydrogens (tertiary/aromatic N) is 4. The van der Waals surface area contributed by atoms with Crippen molar-refractivity contribution in [1.29, 1.82) is 0 Å². The normalized spacial score (nSPS) is 13.8. The molecule has 5 nitrogen and oxygen atoms in total. The Morgan fingerprint density at radius 3 is 1.91 bits per heavy atom. The molecule has 4 aromatic rings. The van der Waals surface area contributed by atoms with Gasteiger partial charge in [0.2, 0.25) is 5.91 Å². The zero-order valence-electron chi connectivity index (χ0n) is 20.0. The van der Waals surface area contributed by atoms with Crippen molar-refractivity contribution in [1.82, 2.24) is 15.1 Å². The van der Waals surface area contributed by atoms with Crippen LogP contribution in [-0.4, -0.2) is 47.2 Å². The van der Waals surface area contributed by atoms with E-state index >= 15 is 0 Å². The quantitative estimate of drug-likeness (QED) is 0.389. The number of benzene rings is 3. The highest BCUT2D eigenvalue weighted by Crippen LogP contribution is 2.29. The molecular formula is C30H30N4O. The molecular weight excluding hydrogens is 432 g/mol. The molecule has 176 valence electrons. The Morgan fingerprint density at radius 2 is 1.34 bits per heavy atom. The lowest BCUT2D eigenvalue weighted by atomic mass is 9.88. The average Bonchev–Trinajstić information content (AvgIpc) is 2.93. The Labute approximate surface area is 207 Å². The highest BCUT2D eigenvalue weighted by Gasteiger charge is 2.26. The van der Waals surface area contributed by atoms with Crippen LogP contribution >= 0.6 is 0 Å². The maximum absolute atomic E-state index is 13.3. The minimum Gasteiger partial charge on any atom is -0.352 e. The molecule has 0 unspecified atom stereocenters. The number of anilines is 1. The molecule has 1 saturated heterocycles. The zero-order valence-corrected chi connectivity index (χ0v) is 20.0. The summed E-state index contributed by atoms with van der Waals surface area (Å²) in [6.07, 6.45) is 0.471. The van der Waals surface area contributed by atoms with Gasteiger partial charge >= 0.3 is 0 Å². The standard InChI is InChI=1S/C30H30N4O/c1-23-10-8-9-15-26(23)28-16-17-29(32-31-28)33-18-20-34(21-19-33)30(35)22-27(24-11-4-2-5-12-24)25-13-6-3-7-14-25/h2-17,27H,18-22H2,1H3. The molecule has 2 heterocycles. The molecule has 0 radical (unpaired) electrons. The second-order valence-electron chi connectivity index (χ2n) is 9.04. The van der Waals surface area contributed by atoms with Gasteiger partial charge < -0.3 is 9.80 Å². The molecule has 0 atom stereocenters. The summed E-state index contributed by atoms with van der Waals surface area (Å²) in [5.74, 6) is 1.12. The SMILES string of the molecule is Cc1ccccc1-c1ccc(N2CCN(C(=O)CC(c3ccccc3)c3ccccc3)CC2)nn1. The van der Waals surface area contributed by atoms with Crippen LogP contribution in [0.25, 0.3) is 11.3 Å². The van der Waals surface area contributed by atoms with Crippen LogP contribution in [0.4, 0.5) is 5.82 Å². The number of carbonyl (C=O) groups excluding carboxylic acids is 1. The zero-order chi connectivity index (χ0) is 24.0. The molecule has 1 amide bonds. The Hall–Kier alpha value is -3.99. The van der Waals surface area contributed by atoms with Crippen molar-refractivity contribution in [3.63, 3.8) is 0 Å². The van der Waals surface area contributed by atoms with E-state index in [2.05, 4.69) is 58.4 Å². The smallest absolute Gasteiger partial charge is 0.223 e. The van der Waals surface area contributed by atoms with Crippen molar-refractivity contribution >= 4 is 11.7 Å². The van der Waals surface area contributed by atoms with E-state index in [0.717, 1.165) is 30.2 Å². The molecule has 5 rings (SSSR count). The number of piperazine rings is 1. The second-order valence-corrected chi connectivity index (χ2v) is 9.04. The average molecular weight is 463 g/mol. The summed E-state index contributed by atoms with van der Waals surface area (Å²) >= 11 is 0. The van der Waals surface area contributed by atoms with Gasteiger partial charge in [-0.25, -0.2) is 0 Å². The topological polar surface area (TPSA) is 49.3 Å². The number of aryl methyl sites for hydroxylation is 1. The van der Waals surface area contributed by atoms with Gasteiger partial charge in [0, 0.05) is 44.1 Å². The Kier molecular flexibility index (Phi) is 6.85. The molecule has 5 heteroatoms. The summed E-state index contributed by atoms with van der Waals surface area (Å²) in [6.45, 7) is 4.98. The third-order valence-electron chi connectivity index (χ3n) is 6.81. The number of aromatic nitrogens is 2. The summed E-state index contributed by atoms with van der Waals surface area (Å²) < 4.78 is 0. The summed E-state index contributed by atoms with van der Waals surface area (Å²) in [5, 5.41) is 8.96. The molecule has 1 fully saturated rings. The lowest BCUT2D eigenvalue weighted by Crippen LogP contribution is -2.49. The molecule has 0 bridgehead atoms. The molecule has 0 aliphatic carbocycles. The van der Waals surface area contributed by atoms with Crippen LogP contribution in [0, 0.1) is 6.92 Å². The minimum atomic E-state index is 0.0581. The van der Waals surface area contributed by atoms with E-state index in [1.165, 1.54) is 16.7 Å². The van der Waals surface area contributed by atoms with Crippen molar-refractivity contribution < 1.29 is 4.79 Å². The fourth-order valence-corrected chi connectivity index (χ4v) is 4.79.